The molecular weight excluding hydrogens is 513 g/mol. The molecule has 2 N–H and O–H groups in total. The number of imide groups is 1. The molecule has 0 aromatic heterocycles. The number of hydrogen-bond donors (Lipinski definition) is 1. The smallest absolute Gasteiger partial charge is 0.322 e. The predicted molar refractivity (Wildman–Crippen MR) is 128 cm³/mol. The highest BCUT2D eigenvalue weighted by Crippen LogP contribution is 2.35. The van der Waals surface area contributed by atoms with Crippen LogP contribution in [0.25, 0.3) is 0 Å². The summed E-state index contributed by atoms with van der Waals surface area (Å²) >= 11 is 6.11. The van der Waals surface area contributed by atoms with Crippen molar-refractivity contribution in [3.63, 3.8) is 0 Å². The summed E-state index contributed by atoms with van der Waals surface area (Å²) in [5.41, 5.74) is -1.88. The maximum absolute atomic E-state index is 13.6. The summed E-state index contributed by atoms with van der Waals surface area (Å²) in [6.07, 6.45) is -4.13. The molecule has 4 rings (SSSR count). The Bertz CT molecular complexity index is 1440. The largest absolute Gasteiger partial charge is 0.416 e. The lowest BCUT2D eigenvalue weighted by Gasteiger charge is -2.24. The van der Waals surface area contributed by atoms with Crippen LogP contribution in [0.5, 0.6) is 0 Å². The van der Waals surface area contributed by atoms with Gasteiger partial charge in [0.25, 0.3) is 17.7 Å². The number of rotatable bonds is 6. The zero-order chi connectivity index (χ0) is 26.9. The number of carbonyl (C=O) groups is 4. The zero-order valence-corrected chi connectivity index (χ0v) is 19.5. The summed E-state index contributed by atoms with van der Waals surface area (Å²) in [7, 11) is 0. The van der Waals surface area contributed by atoms with Crippen LogP contribution in [0.4, 0.5) is 18.9 Å². The van der Waals surface area contributed by atoms with E-state index in [1.807, 2.05) is 0 Å². The summed E-state index contributed by atoms with van der Waals surface area (Å²) in [4.78, 5) is 53.2. The van der Waals surface area contributed by atoms with Crippen LogP contribution in [-0.2, 0) is 11.0 Å². The van der Waals surface area contributed by atoms with Crippen molar-refractivity contribution in [2.24, 2.45) is 10.9 Å². The van der Waals surface area contributed by atoms with Gasteiger partial charge in [0.1, 0.15) is 12.9 Å². The number of ketones is 1. The van der Waals surface area contributed by atoms with Gasteiger partial charge in [0, 0.05) is 11.1 Å². The number of anilines is 1. The number of carbonyl (C=O) groups excluding carboxylic acids is 4. The van der Waals surface area contributed by atoms with Crippen LogP contribution in [0.2, 0.25) is 5.02 Å². The van der Waals surface area contributed by atoms with Crippen molar-refractivity contribution >= 4 is 47.1 Å². The van der Waals surface area contributed by atoms with Crippen molar-refractivity contribution in [2.45, 2.75) is 6.18 Å². The second kappa shape index (κ2) is 9.86. The molecule has 188 valence electrons. The van der Waals surface area contributed by atoms with Gasteiger partial charge < -0.3 is 5.84 Å². The second-order valence-electron chi connectivity index (χ2n) is 7.81. The molecule has 0 radical (unpaired) electrons. The Kier molecular flexibility index (Phi) is 6.82. The van der Waals surface area contributed by atoms with Crippen LogP contribution < -0.4 is 10.7 Å². The van der Waals surface area contributed by atoms with Gasteiger partial charge in [-0.25, -0.2) is 0 Å². The quantitative estimate of drug-likeness (QED) is 0.129. The molecule has 3 amide bonds. The summed E-state index contributed by atoms with van der Waals surface area (Å²) < 4.78 is 40.7. The van der Waals surface area contributed by atoms with Gasteiger partial charge in [-0.2, -0.15) is 18.3 Å². The molecule has 0 saturated carbocycles. The van der Waals surface area contributed by atoms with Gasteiger partial charge >= 0.3 is 6.18 Å². The van der Waals surface area contributed by atoms with Crippen molar-refractivity contribution < 1.29 is 32.3 Å². The Labute approximate surface area is 212 Å². The Balaban J connectivity index is 1.78. The van der Waals surface area contributed by atoms with Gasteiger partial charge in [-0.15, -0.1) is 0 Å². The third-order valence-corrected chi connectivity index (χ3v) is 5.90. The van der Waals surface area contributed by atoms with Crippen molar-refractivity contribution in [3.8, 4) is 0 Å². The Morgan fingerprint density at radius 2 is 1.54 bits per heavy atom. The topological polar surface area (TPSA) is 113 Å². The minimum atomic E-state index is -4.82. The minimum absolute atomic E-state index is 0.0254. The predicted octanol–water partition coefficient (Wildman–Crippen LogP) is 4.12. The van der Waals surface area contributed by atoms with E-state index in [0.29, 0.717) is 28.3 Å². The van der Waals surface area contributed by atoms with Gasteiger partial charge in [-0.1, -0.05) is 35.9 Å². The lowest BCUT2D eigenvalue weighted by molar-refractivity contribution is -0.137. The van der Waals surface area contributed by atoms with E-state index in [2.05, 4.69) is 5.10 Å². The first kappa shape index (κ1) is 25.6. The van der Waals surface area contributed by atoms with Gasteiger partial charge in [0.15, 0.2) is 5.78 Å². The molecule has 0 unspecified atom stereocenters. The molecule has 1 heterocycles. The lowest BCUT2D eigenvalue weighted by atomic mass is 9.99. The number of hydrogen-bond acceptors (Lipinski definition) is 6. The number of nitrogens with zero attached hydrogens (tertiary/aromatic N) is 3. The monoisotopic (exact) mass is 528 g/mol. The third-order valence-electron chi connectivity index (χ3n) is 5.57. The van der Waals surface area contributed by atoms with Gasteiger partial charge in [-0.3, -0.25) is 29.0 Å². The molecule has 0 atom stereocenters. The molecule has 8 nitrogen and oxygen atoms in total. The molecule has 1 aliphatic heterocycles. The molecule has 0 bridgehead atoms. The summed E-state index contributed by atoms with van der Waals surface area (Å²) in [6, 6.07) is 13.9. The van der Waals surface area contributed by atoms with E-state index in [4.69, 9.17) is 17.4 Å². The molecular formula is C25H16ClF3N4O4. The zero-order valence-electron chi connectivity index (χ0n) is 18.7. The molecule has 0 fully saturated rings. The summed E-state index contributed by atoms with van der Waals surface area (Å²) in [5.74, 6) is 1.89. The van der Waals surface area contributed by atoms with Crippen LogP contribution >= 0.6 is 11.6 Å². The first-order valence-corrected chi connectivity index (χ1v) is 10.9. The van der Waals surface area contributed by atoms with Crippen LogP contribution in [-0.4, -0.2) is 41.3 Å². The minimum Gasteiger partial charge on any atom is -0.322 e. The molecule has 3 aromatic rings. The highest BCUT2D eigenvalue weighted by molar-refractivity contribution is 6.35. The Morgan fingerprint density at radius 3 is 2.11 bits per heavy atom. The fourth-order valence-corrected chi connectivity index (χ4v) is 4.03. The number of amides is 3. The molecule has 3 aromatic carbocycles. The first-order valence-electron chi connectivity index (χ1n) is 10.6. The fourth-order valence-electron chi connectivity index (χ4n) is 3.81. The van der Waals surface area contributed by atoms with E-state index in [0.717, 1.165) is 6.07 Å². The highest BCUT2D eigenvalue weighted by Gasteiger charge is 2.38. The SMILES string of the molecule is NN=CN(C(=O)CN1C(=O)c2ccccc2C1=O)c1cc(C(F)(F)F)ccc1C(=O)c1ccccc1Cl. The summed E-state index contributed by atoms with van der Waals surface area (Å²) in [6.45, 7) is -0.853. The van der Waals surface area contributed by atoms with E-state index in [1.54, 1.807) is 6.07 Å². The van der Waals surface area contributed by atoms with Gasteiger partial charge in [0.2, 0.25) is 0 Å². The maximum atomic E-state index is 13.6. The molecule has 37 heavy (non-hydrogen) atoms. The Morgan fingerprint density at radius 1 is 0.946 bits per heavy atom. The summed E-state index contributed by atoms with van der Waals surface area (Å²) in [5, 5.41) is 3.28. The standard InChI is InChI=1S/C25H16ClF3N4O4/c26-19-8-4-3-7-17(19)22(35)18-10-9-14(25(27,28)29)11-20(18)33(13-31-30)21(34)12-32-23(36)15-5-1-2-6-16(15)24(32)37/h1-11,13H,12,30H2. The number of benzene rings is 3. The third kappa shape index (κ3) is 4.81. The van der Waals surface area contributed by atoms with Gasteiger partial charge in [-0.05, 0) is 42.5 Å². The molecule has 1 aliphatic rings. The number of halogens is 4. The van der Waals surface area contributed by atoms with E-state index >= 15 is 0 Å². The van der Waals surface area contributed by atoms with Gasteiger partial charge in [0.05, 0.1) is 27.4 Å². The van der Waals surface area contributed by atoms with E-state index in [1.165, 1.54) is 42.5 Å². The van der Waals surface area contributed by atoms with Crippen molar-refractivity contribution in [1.29, 1.82) is 0 Å². The van der Waals surface area contributed by atoms with Crippen molar-refractivity contribution in [1.82, 2.24) is 4.90 Å². The average Bonchev–Trinajstić information content (AvgIpc) is 3.11. The van der Waals surface area contributed by atoms with Crippen LogP contribution in [0.3, 0.4) is 0 Å². The van der Waals surface area contributed by atoms with E-state index < -0.39 is 47.5 Å². The van der Waals surface area contributed by atoms with Crippen molar-refractivity contribution in [3.05, 3.63) is 99.6 Å². The number of alkyl halides is 3. The van der Waals surface area contributed by atoms with Crippen LogP contribution in [0.15, 0.2) is 71.8 Å². The van der Waals surface area contributed by atoms with Crippen molar-refractivity contribution in [2.75, 3.05) is 11.4 Å². The average molecular weight is 529 g/mol. The van der Waals surface area contributed by atoms with Crippen LogP contribution in [0.1, 0.15) is 42.2 Å². The fraction of sp³-hybridized carbons (Fsp3) is 0.0800. The molecule has 0 aliphatic carbocycles. The lowest BCUT2D eigenvalue weighted by Crippen LogP contribution is -2.43. The normalized spacial score (nSPS) is 13.2. The van der Waals surface area contributed by atoms with E-state index in [9.17, 15) is 32.3 Å². The van der Waals surface area contributed by atoms with E-state index in [-0.39, 0.29) is 27.3 Å². The second-order valence-corrected chi connectivity index (χ2v) is 8.22. The number of fused-ring (bicyclic) bond motifs is 1. The highest BCUT2D eigenvalue weighted by atomic mass is 35.5. The Hall–Kier alpha value is -4.51. The number of nitrogens with two attached hydrogens (primary N) is 1. The molecule has 0 saturated heterocycles. The number of hydrazone groups is 1. The molecule has 12 heteroatoms. The maximum Gasteiger partial charge on any atom is 0.416 e. The molecule has 0 spiro atoms. The van der Waals surface area contributed by atoms with Crippen LogP contribution in [0, 0.1) is 0 Å². The first-order chi connectivity index (χ1) is 17.5.